The van der Waals surface area contributed by atoms with E-state index in [2.05, 4.69) is 10.6 Å². The van der Waals surface area contributed by atoms with Gasteiger partial charge in [0.15, 0.2) is 0 Å². The predicted octanol–water partition coefficient (Wildman–Crippen LogP) is 14.9. The van der Waals surface area contributed by atoms with Crippen LogP contribution < -0.4 is 44.5 Å². The molecule has 5 aromatic heterocycles. The predicted molar refractivity (Wildman–Crippen MR) is 420 cm³/mol. The average Bonchev–Trinajstić information content (AvgIpc) is 1.02. The monoisotopic (exact) mass is 1520 g/mol. The molecule has 588 valence electrons. The number of rotatable bonds is 21. The zero-order chi connectivity index (χ0) is 81.4. The quantitative estimate of drug-likeness (QED) is 0.0193. The molecule has 5 heterocycles. The summed E-state index contributed by atoms with van der Waals surface area (Å²) in [6, 6.07) is 33.3. The second-order valence-corrected chi connectivity index (χ2v) is 30.3. The first kappa shape index (κ1) is 87.4. The number of nitrogens with one attached hydrogen (secondary N) is 2. The first-order valence-corrected chi connectivity index (χ1v) is 36.2. The van der Waals surface area contributed by atoms with Crippen LogP contribution in [-0.4, -0.2) is 81.4 Å². The molecule has 0 aliphatic heterocycles. The van der Waals surface area contributed by atoms with Gasteiger partial charge in [0, 0.05) is 128 Å². The van der Waals surface area contributed by atoms with Gasteiger partial charge < -0.3 is 67.6 Å². The van der Waals surface area contributed by atoms with Crippen molar-refractivity contribution in [3.63, 3.8) is 0 Å². The van der Waals surface area contributed by atoms with Crippen LogP contribution in [0.5, 0.6) is 11.5 Å². The molecule has 6 N–H and O–H groups in total. The SMILES string of the molecule is CC(C)(C)OC(=O)CCc1cc(=O)oc2cc(O)ccc12.CC(C)(C)OC(=O)NCCCC(=O)CCc1cc(=O)oc2cc(O)ccc12.Cc1ccc2c(CCC(=O)CCCNC(=O)OC(C)(C)C)cc(=O)oc2c1.Cc1ccc2c(CCC(=O)OC(C)(C)C)cc(=O)oc2c1.Cc1ccc2c(CN)cc(=O)oc2c1. The Hall–Kier alpha value is -11.5. The number of Topliss-reactive ketones (excluding diaryl/α,β-unsaturated/α-hetero) is 2. The van der Waals surface area contributed by atoms with E-state index in [0.717, 1.165) is 49.5 Å². The maximum Gasteiger partial charge on any atom is 0.407 e. The number of ether oxygens (including phenoxy) is 4. The van der Waals surface area contributed by atoms with Gasteiger partial charge in [-0.3, -0.25) is 19.2 Å². The summed E-state index contributed by atoms with van der Waals surface area (Å²) in [5.74, 6) is -0.416. The minimum atomic E-state index is -0.554. The molecule has 0 spiro atoms. The Bertz CT molecular complexity index is 4950. The summed E-state index contributed by atoms with van der Waals surface area (Å²) >= 11 is 0. The lowest BCUT2D eigenvalue weighted by Crippen LogP contribution is -2.33. The van der Waals surface area contributed by atoms with E-state index in [1.54, 1.807) is 74.4 Å². The first-order valence-electron chi connectivity index (χ1n) is 36.2. The van der Waals surface area contributed by atoms with Crippen molar-refractivity contribution in [3.05, 3.63) is 218 Å². The average molecular weight is 1520 g/mol. The third-order valence-corrected chi connectivity index (χ3v) is 15.8. The number of phenolic OH excluding ortho intramolecular Hbond substituents is 2. The highest BCUT2D eigenvalue weighted by molar-refractivity contribution is 5.86. The maximum atomic E-state index is 12.1. The van der Waals surface area contributed by atoms with Crippen molar-refractivity contribution in [2.24, 2.45) is 5.73 Å². The van der Waals surface area contributed by atoms with Crippen LogP contribution in [0.1, 0.15) is 179 Å². The summed E-state index contributed by atoms with van der Waals surface area (Å²) in [6.45, 7) is 28.6. The van der Waals surface area contributed by atoms with Crippen LogP contribution in [0.4, 0.5) is 9.59 Å². The number of alkyl carbamates (subject to hydrolysis) is 2. The number of nitrogens with two attached hydrogens (primary N) is 1. The summed E-state index contributed by atoms with van der Waals surface area (Å²) in [5, 5.41) is 28.2. The molecule has 5 aromatic carbocycles. The van der Waals surface area contributed by atoms with Crippen LogP contribution in [0.2, 0.25) is 0 Å². The lowest BCUT2D eigenvalue weighted by Gasteiger charge is -2.19. The van der Waals surface area contributed by atoms with Gasteiger partial charge in [0.1, 0.15) is 73.4 Å². The van der Waals surface area contributed by atoms with Crippen LogP contribution in [0, 0.1) is 20.8 Å². The van der Waals surface area contributed by atoms with Crippen molar-refractivity contribution in [2.75, 3.05) is 13.1 Å². The van der Waals surface area contributed by atoms with Gasteiger partial charge in [-0.1, -0.05) is 36.4 Å². The number of ketones is 2. The molecule has 0 radical (unpaired) electrons. The van der Waals surface area contributed by atoms with Crippen molar-refractivity contribution < 1.29 is 80.0 Å². The second kappa shape index (κ2) is 39.6. The number of carbonyl (C=O) groups is 6. The number of carbonyl (C=O) groups excluding carboxylic acids is 6. The highest BCUT2D eigenvalue weighted by Crippen LogP contribution is 2.27. The van der Waals surface area contributed by atoms with Crippen LogP contribution in [0.15, 0.2) is 167 Å². The summed E-state index contributed by atoms with van der Waals surface area (Å²) in [7, 11) is 0. The number of aromatic hydroxyl groups is 2. The van der Waals surface area contributed by atoms with E-state index in [4.69, 9.17) is 46.8 Å². The third-order valence-electron chi connectivity index (χ3n) is 15.8. The molecule has 25 nitrogen and oxygen atoms in total. The Labute approximate surface area is 636 Å². The molecule has 10 rings (SSSR count). The topological polar surface area (TPSA) is 381 Å². The lowest BCUT2D eigenvalue weighted by atomic mass is 10.0. The number of hydrogen-bond donors (Lipinski definition) is 5. The fourth-order valence-electron chi connectivity index (χ4n) is 11.1. The maximum absolute atomic E-state index is 12.1. The minimum absolute atomic E-state index is 0.0105. The highest BCUT2D eigenvalue weighted by atomic mass is 16.6. The van der Waals surface area contributed by atoms with Gasteiger partial charge in [0.2, 0.25) is 0 Å². The Balaban J connectivity index is 0.000000218. The summed E-state index contributed by atoms with van der Waals surface area (Å²) in [4.78, 5) is 128. The van der Waals surface area contributed by atoms with Crippen molar-refractivity contribution in [1.29, 1.82) is 0 Å². The molecule has 0 atom stereocenters. The van der Waals surface area contributed by atoms with Crippen molar-refractivity contribution in [2.45, 2.75) is 210 Å². The van der Waals surface area contributed by atoms with Gasteiger partial charge in [-0.25, -0.2) is 33.6 Å². The van der Waals surface area contributed by atoms with E-state index in [1.807, 2.05) is 96.1 Å². The zero-order valence-corrected chi connectivity index (χ0v) is 65.3. The molecule has 0 saturated heterocycles. The van der Waals surface area contributed by atoms with Gasteiger partial charge in [-0.15, -0.1) is 0 Å². The smallest absolute Gasteiger partial charge is 0.407 e. The lowest BCUT2D eigenvalue weighted by molar-refractivity contribution is -0.155. The standard InChI is InChI=1S/C21H27NO5.C20H25NO6.C17H20O4.C16H18O5.C11H11NO2/c1-14-7-10-17-15(13-19(24)26-18(17)12-14)8-9-16(23)6-5-11-22-20(25)27-21(2,3)4;1-20(2,3)27-19(25)21-10-4-5-14(22)7-6-13-11-18(24)26-17-12-15(23)8-9-16(13)17;1-11-5-7-13-12(10-16(19)20-14(13)9-11)6-8-15(18)21-17(2,3)4;1-16(2,3)21-14(18)7-4-10-8-15(19)20-13-9-11(17)5-6-12(10)13;1-7-2-3-9-8(6-12)5-11(13)14-10(9)4-7/h7,10,12-13H,5-6,8-9,11H2,1-4H3,(H,22,25);8-9,11-12,23H,4-7,10H2,1-3H3,(H,21,25);5,7,9-10H,6,8H2,1-4H3;5-6,8-9,17H,4,7H2,1-3H3;2-5H,6,12H2,1H3. The molecule has 110 heavy (non-hydrogen) atoms. The number of amides is 2. The molecular weight excluding hydrogens is 1410 g/mol. The van der Waals surface area contributed by atoms with Gasteiger partial charge in [0.25, 0.3) is 0 Å². The van der Waals surface area contributed by atoms with Crippen molar-refractivity contribution in [3.8, 4) is 11.5 Å². The Morgan fingerprint density at radius 3 is 0.882 bits per heavy atom. The van der Waals surface area contributed by atoms with Gasteiger partial charge in [-0.2, -0.15) is 0 Å². The van der Waals surface area contributed by atoms with Gasteiger partial charge >= 0.3 is 52.3 Å². The zero-order valence-electron chi connectivity index (χ0n) is 65.3. The molecule has 10 aromatic rings. The molecule has 0 aliphatic rings. The number of fused-ring (bicyclic) bond motifs is 5. The molecule has 2 amide bonds. The molecule has 0 bridgehead atoms. The van der Waals surface area contributed by atoms with Crippen LogP contribution in [0.25, 0.3) is 54.8 Å². The second-order valence-electron chi connectivity index (χ2n) is 30.3. The largest absolute Gasteiger partial charge is 0.508 e. The Morgan fingerprint density at radius 2 is 0.600 bits per heavy atom. The number of hydrogen-bond acceptors (Lipinski definition) is 23. The molecule has 25 heteroatoms. The normalized spacial score (nSPS) is 11.4. The molecule has 0 unspecified atom stereocenters. The van der Waals surface area contributed by atoms with E-state index in [-0.39, 0.29) is 59.9 Å². The number of aryl methyl sites for hydroxylation is 7. The minimum Gasteiger partial charge on any atom is -0.508 e. The first-order chi connectivity index (χ1) is 51.5. The fraction of sp³-hybridized carbons (Fsp3) is 0.400. The van der Waals surface area contributed by atoms with Crippen molar-refractivity contribution in [1.82, 2.24) is 10.6 Å². The summed E-state index contributed by atoms with van der Waals surface area (Å²) in [6.07, 6.45) is 3.57. The number of benzene rings is 5. The molecule has 0 saturated carbocycles. The number of esters is 2. The van der Waals surface area contributed by atoms with Crippen LogP contribution >= 0.6 is 0 Å². The van der Waals surface area contributed by atoms with E-state index < -0.39 is 57.1 Å². The molecule has 0 aliphatic carbocycles. The Morgan fingerprint density at radius 1 is 0.345 bits per heavy atom. The van der Waals surface area contributed by atoms with E-state index in [1.165, 1.54) is 54.6 Å². The van der Waals surface area contributed by atoms with Gasteiger partial charge in [-0.05, 0) is 229 Å². The molecule has 0 fully saturated rings. The third kappa shape index (κ3) is 30.7. The fourth-order valence-corrected chi connectivity index (χ4v) is 11.1. The Kier molecular flexibility index (Phi) is 31.5. The van der Waals surface area contributed by atoms with Gasteiger partial charge in [0.05, 0.1) is 0 Å². The van der Waals surface area contributed by atoms with Crippen LogP contribution in [-0.2, 0) is 70.4 Å². The number of phenols is 2. The summed E-state index contributed by atoms with van der Waals surface area (Å²) < 4.78 is 46.4. The van der Waals surface area contributed by atoms with Crippen molar-refractivity contribution >= 4 is 90.5 Å². The summed E-state index contributed by atoms with van der Waals surface area (Å²) in [5.41, 5.74) is 10.6. The van der Waals surface area contributed by atoms with E-state index in [9.17, 15) is 63.0 Å². The van der Waals surface area contributed by atoms with E-state index in [0.29, 0.717) is 127 Å². The molecular formula is C85H101N3O22. The highest BCUT2D eigenvalue weighted by Gasteiger charge is 2.21. The van der Waals surface area contributed by atoms with E-state index >= 15 is 0 Å². The van der Waals surface area contributed by atoms with Crippen LogP contribution in [0.3, 0.4) is 0 Å².